The third kappa shape index (κ3) is 3.69. The van der Waals surface area contributed by atoms with Crippen LogP contribution in [0.4, 0.5) is 0 Å². The molecule has 0 aliphatic rings. The lowest BCUT2D eigenvalue weighted by Crippen LogP contribution is -2.21. The van der Waals surface area contributed by atoms with Crippen molar-refractivity contribution in [1.29, 1.82) is 5.26 Å². The van der Waals surface area contributed by atoms with Crippen molar-refractivity contribution in [2.75, 3.05) is 0 Å². The van der Waals surface area contributed by atoms with Crippen LogP contribution in [0.15, 0.2) is 48.8 Å². The molecule has 1 amide bonds. The minimum atomic E-state index is -1.09. The number of nitriles is 1. The van der Waals surface area contributed by atoms with E-state index >= 15 is 0 Å². The molecule has 0 atom stereocenters. The van der Waals surface area contributed by atoms with Crippen molar-refractivity contribution in [1.82, 2.24) is 20.3 Å². The number of fused-ring (bicyclic) bond motifs is 1. The SMILES string of the molecule is N#Cc1cccc(CNC(=O)c2ccc(-c3cnc4[nH]cc(C(=O)O)c4n3)s2)c1. The highest BCUT2D eigenvalue weighted by Gasteiger charge is 2.16. The molecule has 0 unspecified atom stereocenters. The van der Waals surface area contributed by atoms with Gasteiger partial charge in [-0.3, -0.25) is 4.79 Å². The summed E-state index contributed by atoms with van der Waals surface area (Å²) < 4.78 is 0. The van der Waals surface area contributed by atoms with Crippen LogP contribution in [0.1, 0.15) is 31.2 Å². The summed E-state index contributed by atoms with van der Waals surface area (Å²) in [5.74, 6) is -1.33. The topological polar surface area (TPSA) is 132 Å². The number of aromatic amines is 1. The Labute approximate surface area is 168 Å². The zero-order valence-corrected chi connectivity index (χ0v) is 15.7. The highest BCUT2D eigenvalue weighted by molar-refractivity contribution is 7.17. The van der Waals surface area contributed by atoms with Gasteiger partial charge in [-0.05, 0) is 29.8 Å². The fourth-order valence-electron chi connectivity index (χ4n) is 2.79. The molecule has 0 saturated heterocycles. The molecule has 1 aromatic carbocycles. The Morgan fingerprint density at radius 2 is 2.14 bits per heavy atom. The molecular weight excluding hydrogens is 390 g/mol. The van der Waals surface area contributed by atoms with Crippen molar-refractivity contribution in [3.8, 4) is 16.6 Å². The van der Waals surface area contributed by atoms with E-state index < -0.39 is 5.97 Å². The van der Waals surface area contributed by atoms with Crippen molar-refractivity contribution >= 4 is 34.4 Å². The van der Waals surface area contributed by atoms with E-state index in [0.29, 0.717) is 33.2 Å². The first-order valence-electron chi connectivity index (χ1n) is 8.50. The number of aromatic nitrogens is 3. The predicted octanol–water partition coefficient (Wildman–Crippen LogP) is 3.19. The highest BCUT2D eigenvalue weighted by atomic mass is 32.1. The van der Waals surface area contributed by atoms with E-state index in [1.807, 2.05) is 6.07 Å². The van der Waals surface area contributed by atoms with Crippen LogP contribution in [0.2, 0.25) is 0 Å². The first-order chi connectivity index (χ1) is 14.0. The van der Waals surface area contributed by atoms with Gasteiger partial charge in [0.2, 0.25) is 0 Å². The first-order valence-corrected chi connectivity index (χ1v) is 9.31. The molecule has 142 valence electrons. The van der Waals surface area contributed by atoms with Crippen LogP contribution < -0.4 is 5.32 Å². The molecule has 0 radical (unpaired) electrons. The van der Waals surface area contributed by atoms with E-state index in [0.717, 1.165) is 5.56 Å². The number of rotatable bonds is 5. The molecule has 0 saturated carbocycles. The number of aromatic carboxylic acids is 1. The second kappa shape index (κ2) is 7.53. The van der Waals surface area contributed by atoms with Crippen LogP contribution in [-0.2, 0) is 6.54 Å². The normalized spacial score (nSPS) is 10.6. The molecule has 4 rings (SSSR count). The Bertz CT molecular complexity index is 1280. The quantitative estimate of drug-likeness (QED) is 0.469. The van der Waals surface area contributed by atoms with Gasteiger partial charge in [-0.25, -0.2) is 14.8 Å². The van der Waals surface area contributed by atoms with E-state index in [1.165, 1.54) is 23.7 Å². The summed E-state index contributed by atoms with van der Waals surface area (Å²) >= 11 is 1.24. The monoisotopic (exact) mass is 403 g/mol. The second-order valence-electron chi connectivity index (χ2n) is 6.12. The number of carboxylic acids is 1. The van der Waals surface area contributed by atoms with Crippen LogP contribution >= 0.6 is 11.3 Å². The third-order valence-corrected chi connectivity index (χ3v) is 5.31. The van der Waals surface area contributed by atoms with Gasteiger partial charge in [-0.2, -0.15) is 5.26 Å². The van der Waals surface area contributed by atoms with Gasteiger partial charge in [-0.1, -0.05) is 12.1 Å². The Morgan fingerprint density at radius 3 is 2.93 bits per heavy atom. The minimum absolute atomic E-state index is 0.0449. The van der Waals surface area contributed by atoms with Gasteiger partial charge in [0.25, 0.3) is 5.91 Å². The Morgan fingerprint density at radius 1 is 1.28 bits per heavy atom. The molecule has 3 N–H and O–H groups in total. The molecule has 0 bridgehead atoms. The smallest absolute Gasteiger partial charge is 0.339 e. The van der Waals surface area contributed by atoms with Gasteiger partial charge in [0.15, 0.2) is 5.65 Å². The molecule has 3 aromatic heterocycles. The summed E-state index contributed by atoms with van der Waals surface area (Å²) in [7, 11) is 0. The fraction of sp³-hybridized carbons (Fsp3) is 0.0500. The number of carbonyl (C=O) groups excluding carboxylic acids is 1. The molecule has 0 spiro atoms. The van der Waals surface area contributed by atoms with E-state index in [4.69, 9.17) is 5.26 Å². The standard InChI is InChI=1S/C20H13N5O3S/c21-7-11-2-1-3-12(6-11)8-24-19(26)16-5-4-15(29-16)14-10-23-18-17(25-14)13(9-22-18)20(27)28/h1-6,9-10H,8H2,(H,22,23)(H,24,26)(H,27,28). The molecule has 0 aliphatic carbocycles. The molecule has 4 aromatic rings. The molecular formula is C20H13N5O3S. The van der Waals surface area contributed by atoms with Crippen molar-refractivity contribution in [2.45, 2.75) is 6.54 Å². The van der Waals surface area contributed by atoms with Crippen molar-refractivity contribution in [3.63, 3.8) is 0 Å². The number of nitrogens with one attached hydrogen (secondary N) is 2. The summed E-state index contributed by atoms with van der Waals surface area (Å²) in [6.45, 7) is 0.304. The van der Waals surface area contributed by atoms with Crippen molar-refractivity contribution < 1.29 is 14.7 Å². The van der Waals surface area contributed by atoms with Crippen LogP contribution in [0, 0.1) is 11.3 Å². The highest BCUT2D eigenvalue weighted by Crippen LogP contribution is 2.28. The average Bonchev–Trinajstić information content (AvgIpc) is 3.39. The maximum absolute atomic E-state index is 12.4. The second-order valence-corrected chi connectivity index (χ2v) is 7.20. The van der Waals surface area contributed by atoms with Gasteiger partial charge in [0.1, 0.15) is 11.1 Å². The zero-order chi connectivity index (χ0) is 20.4. The van der Waals surface area contributed by atoms with E-state index in [9.17, 15) is 14.7 Å². The first kappa shape index (κ1) is 18.3. The lowest BCUT2D eigenvalue weighted by molar-refractivity contribution is 0.0698. The Hall–Kier alpha value is -4.03. The lowest BCUT2D eigenvalue weighted by Gasteiger charge is -2.04. The number of nitrogens with zero attached hydrogens (tertiary/aromatic N) is 3. The van der Waals surface area contributed by atoms with Crippen LogP contribution in [-0.4, -0.2) is 31.9 Å². The summed E-state index contributed by atoms with van der Waals surface area (Å²) in [6, 6.07) is 12.5. The number of carbonyl (C=O) groups is 2. The molecule has 0 fully saturated rings. The van der Waals surface area contributed by atoms with E-state index in [1.54, 1.807) is 30.3 Å². The van der Waals surface area contributed by atoms with E-state index in [2.05, 4.69) is 26.3 Å². The van der Waals surface area contributed by atoms with Gasteiger partial charge in [-0.15, -0.1) is 11.3 Å². The van der Waals surface area contributed by atoms with Crippen LogP contribution in [0.5, 0.6) is 0 Å². The molecule has 0 aliphatic heterocycles. The van der Waals surface area contributed by atoms with E-state index in [-0.39, 0.29) is 17.0 Å². The average molecular weight is 403 g/mol. The van der Waals surface area contributed by atoms with Gasteiger partial charge < -0.3 is 15.4 Å². The Balaban J connectivity index is 1.52. The number of hydrogen-bond donors (Lipinski definition) is 3. The molecule has 29 heavy (non-hydrogen) atoms. The van der Waals surface area contributed by atoms with Crippen LogP contribution in [0.3, 0.4) is 0 Å². The molecule has 9 heteroatoms. The summed E-state index contributed by atoms with van der Waals surface area (Å²) in [6.07, 6.45) is 2.89. The lowest BCUT2D eigenvalue weighted by atomic mass is 10.1. The van der Waals surface area contributed by atoms with Crippen LogP contribution in [0.25, 0.3) is 21.7 Å². The predicted molar refractivity (Wildman–Crippen MR) is 106 cm³/mol. The fourth-order valence-corrected chi connectivity index (χ4v) is 3.67. The molecule has 3 heterocycles. The Kier molecular flexibility index (Phi) is 4.76. The summed E-state index contributed by atoms with van der Waals surface area (Å²) in [4.78, 5) is 36.3. The van der Waals surface area contributed by atoms with Gasteiger partial charge >= 0.3 is 5.97 Å². The number of carboxylic acid groups (broad SMARTS) is 1. The number of hydrogen-bond acceptors (Lipinski definition) is 6. The number of amides is 1. The molecule has 8 nitrogen and oxygen atoms in total. The third-order valence-electron chi connectivity index (χ3n) is 4.20. The number of H-pyrrole nitrogens is 1. The minimum Gasteiger partial charge on any atom is -0.478 e. The maximum atomic E-state index is 12.4. The number of thiophene rings is 1. The van der Waals surface area contributed by atoms with Crippen molar-refractivity contribution in [3.05, 3.63) is 70.4 Å². The zero-order valence-electron chi connectivity index (χ0n) is 14.8. The number of benzene rings is 1. The van der Waals surface area contributed by atoms with Gasteiger partial charge in [0, 0.05) is 12.7 Å². The maximum Gasteiger partial charge on any atom is 0.339 e. The summed E-state index contributed by atoms with van der Waals surface area (Å²) in [5.41, 5.74) is 2.56. The van der Waals surface area contributed by atoms with Gasteiger partial charge in [0.05, 0.1) is 33.3 Å². The summed E-state index contributed by atoms with van der Waals surface area (Å²) in [5, 5.41) is 21.0. The van der Waals surface area contributed by atoms with Crippen molar-refractivity contribution in [2.24, 2.45) is 0 Å². The largest absolute Gasteiger partial charge is 0.478 e.